The van der Waals surface area contributed by atoms with Crippen molar-refractivity contribution in [1.29, 1.82) is 0 Å². The fraction of sp³-hybridized carbons (Fsp3) is 0.316. The molecule has 1 unspecified atom stereocenters. The van der Waals surface area contributed by atoms with Crippen LogP contribution < -0.4 is 0 Å². The van der Waals surface area contributed by atoms with Crippen LogP contribution in [0.2, 0.25) is 5.02 Å². The van der Waals surface area contributed by atoms with E-state index >= 15 is 0 Å². The molecule has 0 radical (unpaired) electrons. The molecule has 1 saturated heterocycles. The van der Waals surface area contributed by atoms with Gasteiger partial charge in [0.2, 0.25) is 11.8 Å². The second-order valence-corrected chi connectivity index (χ2v) is 6.88. The Morgan fingerprint density at radius 2 is 2.15 bits per heavy atom. The number of nitrogens with zero attached hydrogens (tertiary/aromatic N) is 4. The molecule has 0 aliphatic carbocycles. The van der Waals surface area contributed by atoms with Gasteiger partial charge in [-0.1, -0.05) is 23.7 Å². The van der Waals surface area contributed by atoms with E-state index in [1.54, 1.807) is 29.5 Å². The van der Waals surface area contributed by atoms with E-state index in [0.717, 1.165) is 30.7 Å². The summed E-state index contributed by atoms with van der Waals surface area (Å²) in [6, 6.07) is 7.58. The van der Waals surface area contributed by atoms with E-state index < -0.39 is 0 Å². The molecule has 0 saturated carbocycles. The van der Waals surface area contributed by atoms with E-state index in [0.29, 0.717) is 17.3 Å². The second kappa shape index (κ2) is 7.33. The maximum atomic E-state index is 12.6. The average molecular weight is 371 g/mol. The normalized spacial score (nSPS) is 17.0. The molecule has 26 heavy (non-hydrogen) atoms. The number of rotatable bonds is 5. The summed E-state index contributed by atoms with van der Waals surface area (Å²) in [6.07, 6.45) is 9.34. The fourth-order valence-corrected chi connectivity index (χ4v) is 3.44. The fourth-order valence-electron chi connectivity index (χ4n) is 3.31. The lowest BCUT2D eigenvalue weighted by Gasteiger charge is -2.22. The van der Waals surface area contributed by atoms with Gasteiger partial charge in [0, 0.05) is 30.4 Å². The molecule has 1 aliphatic heterocycles. The standard InChI is InChI=1S/C19H19ClN4O2/c20-15-5-3-14(4-6-15)10-16-11-22-19(26-16)17-2-1-8-24(17)18(25)12-23-9-7-21-13-23/h3-7,9,11,13,17H,1-2,8,10,12H2. The molecule has 1 aliphatic rings. The SMILES string of the molecule is O=C(Cn1ccnc1)N1CCCC1c1ncc(Cc2ccc(Cl)cc2)o1. The minimum atomic E-state index is -0.0926. The Morgan fingerprint density at radius 3 is 2.92 bits per heavy atom. The van der Waals surface area contributed by atoms with E-state index in [2.05, 4.69) is 9.97 Å². The third-order valence-electron chi connectivity index (χ3n) is 4.60. The Balaban J connectivity index is 1.45. The number of halogens is 1. The Kier molecular flexibility index (Phi) is 4.75. The summed E-state index contributed by atoms with van der Waals surface area (Å²) in [4.78, 5) is 22.9. The van der Waals surface area contributed by atoms with Crippen LogP contribution in [0.3, 0.4) is 0 Å². The van der Waals surface area contributed by atoms with Crippen molar-refractivity contribution in [2.24, 2.45) is 0 Å². The summed E-state index contributed by atoms with van der Waals surface area (Å²) in [5.74, 6) is 1.46. The number of benzene rings is 1. The van der Waals surface area contributed by atoms with E-state index in [1.807, 2.05) is 29.2 Å². The highest BCUT2D eigenvalue weighted by Crippen LogP contribution is 2.32. The Bertz CT molecular complexity index is 873. The molecule has 0 N–H and O–H groups in total. The van der Waals surface area contributed by atoms with Crippen molar-refractivity contribution in [3.05, 3.63) is 71.4 Å². The Morgan fingerprint density at radius 1 is 1.31 bits per heavy atom. The summed E-state index contributed by atoms with van der Waals surface area (Å²) in [6.45, 7) is 1.02. The molecule has 1 aromatic carbocycles. The number of hydrogen-bond donors (Lipinski definition) is 0. The number of carbonyl (C=O) groups excluding carboxylic acids is 1. The Labute approximate surface area is 156 Å². The Hall–Kier alpha value is -2.60. The number of imidazole rings is 1. The van der Waals surface area contributed by atoms with Crippen LogP contribution in [0, 0.1) is 0 Å². The van der Waals surface area contributed by atoms with Crippen molar-refractivity contribution in [3.63, 3.8) is 0 Å². The summed E-state index contributed by atoms with van der Waals surface area (Å²) < 4.78 is 7.74. The first-order valence-corrected chi connectivity index (χ1v) is 9.01. The number of oxazole rings is 1. The van der Waals surface area contributed by atoms with Crippen molar-refractivity contribution in [2.45, 2.75) is 31.8 Å². The van der Waals surface area contributed by atoms with Crippen molar-refractivity contribution < 1.29 is 9.21 Å². The minimum absolute atomic E-state index is 0.0583. The number of hydrogen-bond acceptors (Lipinski definition) is 4. The quantitative estimate of drug-likeness (QED) is 0.689. The zero-order valence-corrected chi connectivity index (χ0v) is 15.0. The maximum absolute atomic E-state index is 12.6. The van der Waals surface area contributed by atoms with Crippen LogP contribution in [0.15, 0.2) is 53.6 Å². The van der Waals surface area contributed by atoms with Crippen molar-refractivity contribution in [2.75, 3.05) is 6.54 Å². The molecule has 1 amide bonds. The third-order valence-corrected chi connectivity index (χ3v) is 4.85. The summed E-state index contributed by atoms with van der Waals surface area (Å²) in [7, 11) is 0. The highest BCUT2D eigenvalue weighted by molar-refractivity contribution is 6.30. The smallest absolute Gasteiger partial charge is 0.243 e. The molecule has 0 bridgehead atoms. The topological polar surface area (TPSA) is 64.2 Å². The number of likely N-dealkylation sites (tertiary alicyclic amines) is 1. The van der Waals surface area contributed by atoms with Crippen LogP contribution in [-0.2, 0) is 17.8 Å². The van der Waals surface area contributed by atoms with E-state index in [9.17, 15) is 4.79 Å². The van der Waals surface area contributed by atoms with Gasteiger partial charge in [0.15, 0.2) is 0 Å². The van der Waals surface area contributed by atoms with E-state index in [1.165, 1.54) is 0 Å². The molecule has 3 heterocycles. The molecule has 4 rings (SSSR count). The van der Waals surface area contributed by atoms with Crippen molar-refractivity contribution in [3.8, 4) is 0 Å². The van der Waals surface area contributed by atoms with Gasteiger partial charge in [0.25, 0.3) is 0 Å². The molecular weight excluding hydrogens is 352 g/mol. The van der Waals surface area contributed by atoms with Crippen LogP contribution in [0.25, 0.3) is 0 Å². The van der Waals surface area contributed by atoms with Crippen LogP contribution in [0.4, 0.5) is 0 Å². The van der Waals surface area contributed by atoms with Crippen LogP contribution in [0.1, 0.15) is 36.1 Å². The predicted molar refractivity (Wildman–Crippen MR) is 96.7 cm³/mol. The van der Waals surface area contributed by atoms with Crippen LogP contribution in [0.5, 0.6) is 0 Å². The molecule has 0 spiro atoms. The number of aromatic nitrogens is 3. The van der Waals surface area contributed by atoms with Gasteiger partial charge in [-0.2, -0.15) is 0 Å². The van der Waals surface area contributed by atoms with Crippen LogP contribution in [-0.4, -0.2) is 31.9 Å². The number of carbonyl (C=O) groups is 1. The van der Waals surface area contributed by atoms with Gasteiger partial charge in [0.1, 0.15) is 18.3 Å². The van der Waals surface area contributed by atoms with Crippen molar-refractivity contribution in [1.82, 2.24) is 19.4 Å². The van der Waals surface area contributed by atoms with Gasteiger partial charge in [-0.15, -0.1) is 0 Å². The summed E-state index contributed by atoms with van der Waals surface area (Å²) >= 11 is 5.92. The second-order valence-electron chi connectivity index (χ2n) is 6.45. The maximum Gasteiger partial charge on any atom is 0.243 e. The van der Waals surface area contributed by atoms with Crippen molar-refractivity contribution >= 4 is 17.5 Å². The first-order chi connectivity index (χ1) is 12.7. The van der Waals surface area contributed by atoms with Gasteiger partial charge >= 0.3 is 0 Å². The van der Waals surface area contributed by atoms with E-state index in [4.69, 9.17) is 16.0 Å². The van der Waals surface area contributed by atoms with Gasteiger partial charge in [-0.3, -0.25) is 4.79 Å². The molecular formula is C19H19ClN4O2. The largest absolute Gasteiger partial charge is 0.443 e. The average Bonchev–Trinajstić information content (AvgIpc) is 3.37. The monoisotopic (exact) mass is 370 g/mol. The van der Waals surface area contributed by atoms with E-state index in [-0.39, 0.29) is 18.5 Å². The predicted octanol–water partition coefficient (Wildman–Crippen LogP) is 3.48. The van der Waals surface area contributed by atoms with Crippen LogP contribution >= 0.6 is 11.6 Å². The highest BCUT2D eigenvalue weighted by Gasteiger charge is 2.33. The molecule has 3 aromatic rings. The summed E-state index contributed by atoms with van der Waals surface area (Å²) in [5, 5.41) is 0.713. The molecule has 1 atom stereocenters. The van der Waals surface area contributed by atoms with Gasteiger partial charge in [0.05, 0.1) is 12.5 Å². The molecule has 6 nitrogen and oxygen atoms in total. The lowest BCUT2D eigenvalue weighted by atomic mass is 10.1. The molecule has 1 fully saturated rings. The van der Waals surface area contributed by atoms with Gasteiger partial charge < -0.3 is 13.9 Å². The zero-order chi connectivity index (χ0) is 17.9. The molecule has 2 aromatic heterocycles. The molecule has 134 valence electrons. The lowest BCUT2D eigenvalue weighted by Crippen LogP contribution is -2.33. The van der Waals surface area contributed by atoms with Gasteiger partial charge in [-0.05, 0) is 30.5 Å². The number of amides is 1. The highest BCUT2D eigenvalue weighted by atomic mass is 35.5. The first kappa shape index (κ1) is 16.8. The minimum Gasteiger partial charge on any atom is -0.443 e. The summed E-state index contributed by atoms with van der Waals surface area (Å²) in [5.41, 5.74) is 1.11. The van der Waals surface area contributed by atoms with Gasteiger partial charge in [-0.25, -0.2) is 9.97 Å². The zero-order valence-electron chi connectivity index (χ0n) is 14.2. The third kappa shape index (κ3) is 3.65. The first-order valence-electron chi connectivity index (χ1n) is 8.63. The lowest BCUT2D eigenvalue weighted by molar-refractivity contribution is -0.133. The molecule has 7 heteroatoms.